The number of nitrogens with one attached hydrogen (secondary N) is 2. The summed E-state index contributed by atoms with van der Waals surface area (Å²) in [5, 5.41) is 5.19. The van der Waals surface area contributed by atoms with E-state index in [-0.39, 0.29) is 23.5 Å². The lowest BCUT2D eigenvalue weighted by molar-refractivity contribution is 0.0600. The van der Waals surface area contributed by atoms with Crippen LogP contribution in [0, 0.1) is 5.82 Å². The molecule has 0 spiro atoms. The van der Waals surface area contributed by atoms with Gasteiger partial charge in [-0.2, -0.15) is 0 Å². The molecule has 7 aromatic rings. The molecule has 1 atom stereocenters. The van der Waals surface area contributed by atoms with E-state index >= 15 is 0 Å². The predicted molar refractivity (Wildman–Crippen MR) is 208 cm³/mol. The number of benzene rings is 5. The number of ether oxygens (including phenoxy) is 1. The number of hydrogen-bond acceptors (Lipinski definition) is 6. The predicted octanol–water partition coefficient (Wildman–Crippen LogP) is 10.0. The standard InChI is InChI=1S/C33H25FN4O.C10H9BrO3/c1-21(22-11-13-29(34)14-12-22)37-33(39)28-16-26(23-7-3-2-4-8-23)15-27(17-28)31-20-36-32(38-31)30-18-24-9-5-6-10-25(24)19-35-30;1-6(12)7-3-8(10(13)14-2)5-9(11)4-7/h2-21H,1H3,(H,36,38)(H,37,39);3-5H,1-2H3/t21-;/m1./s1. The van der Waals surface area contributed by atoms with Crippen LogP contribution < -0.4 is 5.32 Å². The van der Waals surface area contributed by atoms with Crippen LogP contribution in [-0.4, -0.2) is 39.7 Å². The summed E-state index contributed by atoms with van der Waals surface area (Å²) in [5.41, 5.74) is 6.44. The molecule has 1 amide bonds. The molecule has 0 saturated heterocycles. The molecule has 7 rings (SSSR count). The lowest BCUT2D eigenvalue weighted by Gasteiger charge is -2.16. The number of rotatable bonds is 8. The molecule has 0 aliphatic heterocycles. The van der Waals surface area contributed by atoms with Crippen molar-refractivity contribution >= 4 is 44.4 Å². The highest BCUT2D eigenvalue weighted by molar-refractivity contribution is 9.10. The summed E-state index contributed by atoms with van der Waals surface area (Å²) in [6.45, 7) is 3.33. The average molecular weight is 770 g/mol. The highest BCUT2D eigenvalue weighted by atomic mass is 79.9. The molecule has 10 heteroatoms. The number of amides is 1. The molecule has 0 aliphatic rings. The maximum absolute atomic E-state index is 13.4. The van der Waals surface area contributed by atoms with Crippen LogP contribution in [0.4, 0.5) is 4.39 Å². The number of esters is 1. The molecular formula is C43H34BrFN4O4. The SMILES string of the molecule is COC(=O)c1cc(Br)cc(C(C)=O)c1.C[C@@H](NC(=O)c1cc(-c2ccccc2)cc(-c2cnc(-c3cc4ccccc4cn3)[nH]2)c1)c1ccc(F)cc1. The van der Waals surface area contributed by atoms with E-state index in [0.717, 1.165) is 44.4 Å². The van der Waals surface area contributed by atoms with Crippen molar-refractivity contribution in [1.29, 1.82) is 0 Å². The van der Waals surface area contributed by atoms with Crippen LogP contribution in [0.1, 0.15) is 56.5 Å². The molecule has 0 saturated carbocycles. The van der Waals surface area contributed by atoms with Gasteiger partial charge in [0.25, 0.3) is 5.91 Å². The largest absolute Gasteiger partial charge is 0.465 e. The zero-order valence-corrected chi connectivity index (χ0v) is 30.6. The van der Waals surface area contributed by atoms with Crippen LogP contribution in [0.15, 0.2) is 138 Å². The van der Waals surface area contributed by atoms with Gasteiger partial charge in [-0.1, -0.05) is 82.7 Å². The minimum Gasteiger partial charge on any atom is -0.465 e. The second-order valence-electron chi connectivity index (χ2n) is 12.3. The minimum absolute atomic E-state index is 0.0866. The molecule has 264 valence electrons. The molecule has 8 nitrogen and oxygen atoms in total. The summed E-state index contributed by atoms with van der Waals surface area (Å²) in [6, 6.07) is 36.4. The summed E-state index contributed by atoms with van der Waals surface area (Å²) in [6.07, 6.45) is 3.60. The van der Waals surface area contributed by atoms with Gasteiger partial charge in [0.15, 0.2) is 11.6 Å². The first-order valence-corrected chi connectivity index (χ1v) is 17.4. The van der Waals surface area contributed by atoms with E-state index in [2.05, 4.69) is 40.9 Å². The van der Waals surface area contributed by atoms with Gasteiger partial charge < -0.3 is 15.0 Å². The van der Waals surface area contributed by atoms with Crippen molar-refractivity contribution in [3.63, 3.8) is 0 Å². The van der Waals surface area contributed by atoms with E-state index in [1.165, 1.54) is 32.2 Å². The van der Waals surface area contributed by atoms with Crippen LogP contribution in [0.5, 0.6) is 0 Å². The van der Waals surface area contributed by atoms with Crippen LogP contribution in [0.25, 0.3) is 44.7 Å². The number of nitrogens with zero attached hydrogens (tertiary/aromatic N) is 2. The number of carbonyl (C=O) groups is 3. The zero-order chi connectivity index (χ0) is 37.5. The fourth-order valence-corrected chi connectivity index (χ4v) is 6.16. The van der Waals surface area contributed by atoms with Gasteiger partial charge in [0.05, 0.1) is 30.6 Å². The Bertz CT molecular complexity index is 2430. The Hall–Kier alpha value is -6.26. The van der Waals surface area contributed by atoms with Crippen molar-refractivity contribution in [3.8, 4) is 33.9 Å². The molecule has 0 bridgehead atoms. The maximum Gasteiger partial charge on any atom is 0.337 e. The first-order chi connectivity index (χ1) is 25.6. The Morgan fingerprint density at radius 3 is 2.13 bits per heavy atom. The van der Waals surface area contributed by atoms with Crippen molar-refractivity contribution in [1.82, 2.24) is 20.3 Å². The van der Waals surface area contributed by atoms with Crippen LogP contribution >= 0.6 is 15.9 Å². The van der Waals surface area contributed by atoms with E-state index in [4.69, 9.17) is 0 Å². The molecule has 0 unspecified atom stereocenters. The third-order valence-corrected chi connectivity index (χ3v) is 8.96. The lowest BCUT2D eigenvalue weighted by atomic mass is 9.98. The van der Waals surface area contributed by atoms with Crippen LogP contribution in [0.3, 0.4) is 0 Å². The Kier molecular flexibility index (Phi) is 11.3. The Morgan fingerprint density at radius 1 is 0.736 bits per heavy atom. The Balaban J connectivity index is 0.000000290. The van der Waals surface area contributed by atoms with E-state index in [1.807, 2.05) is 92.0 Å². The molecule has 0 aliphatic carbocycles. The van der Waals surface area contributed by atoms with Gasteiger partial charge in [-0.05, 0) is 90.5 Å². The first kappa shape index (κ1) is 36.5. The van der Waals surface area contributed by atoms with E-state index in [0.29, 0.717) is 27.0 Å². The van der Waals surface area contributed by atoms with Crippen molar-refractivity contribution < 1.29 is 23.5 Å². The number of Topliss-reactive ketones (excluding diaryl/α,β-unsaturated/α-hetero) is 1. The van der Waals surface area contributed by atoms with Crippen LogP contribution in [0.2, 0.25) is 0 Å². The van der Waals surface area contributed by atoms with Gasteiger partial charge in [0.1, 0.15) is 11.5 Å². The zero-order valence-electron chi connectivity index (χ0n) is 29.1. The number of halogens is 2. The number of aromatic nitrogens is 3. The third-order valence-electron chi connectivity index (χ3n) is 8.51. The van der Waals surface area contributed by atoms with Gasteiger partial charge in [-0.3, -0.25) is 14.6 Å². The fourth-order valence-electron chi connectivity index (χ4n) is 5.67. The number of methoxy groups -OCH3 is 1. The van der Waals surface area contributed by atoms with Gasteiger partial charge in [-0.25, -0.2) is 14.2 Å². The molecule has 2 aromatic heterocycles. The van der Waals surface area contributed by atoms with E-state index in [1.54, 1.807) is 30.5 Å². The monoisotopic (exact) mass is 768 g/mol. The van der Waals surface area contributed by atoms with Gasteiger partial charge in [-0.15, -0.1) is 0 Å². The number of aromatic amines is 1. The summed E-state index contributed by atoms with van der Waals surface area (Å²) < 4.78 is 18.6. The molecule has 0 radical (unpaired) electrons. The molecular weight excluding hydrogens is 735 g/mol. The van der Waals surface area contributed by atoms with E-state index in [9.17, 15) is 18.8 Å². The number of ketones is 1. The van der Waals surface area contributed by atoms with Gasteiger partial charge in [0, 0.05) is 32.7 Å². The lowest BCUT2D eigenvalue weighted by Crippen LogP contribution is -2.26. The normalized spacial score (nSPS) is 11.3. The number of hydrogen-bond donors (Lipinski definition) is 2. The molecule has 53 heavy (non-hydrogen) atoms. The first-order valence-electron chi connectivity index (χ1n) is 16.6. The van der Waals surface area contributed by atoms with Gasteiger partial charge >= 0.3 is 5.97 Å². The molecule has 5 aromatic carbocycles. The Labute approximate surface area is 314 Å². The smallest absolute Gasteiger partial charge is 0.337 e. The molecule has 2 heterocycles. The number of imidazole rings is 1. The van der Waals surface area contributed by atoms with Crippen molar-refractivity contribution in [3.05, 3.63) is 166 Å². The quantitative estimate of drug-likeness (QED) is 0.118. The average Bonchev–Trinajstić information content (AvgIpc) is 3.68. The molecule has 0 fully saturated rings. The number of pyridine rings is 1. The summed E-state index contributed by atoms with van der Waals surface area (Å²) in [5.74, 6) is -0.417. The van der Waals surface area contributed by atoms with Gasteiger partial charge in [0.2, 0.25) is 0 Å². The highest BCUT2D eigenvalue weighted by Gasteiger charge is 2.16. The number of H-pyrrole nitrogens is 1. The van der Waals surface area contributed by atoms with Crippen molar-refractivity contribution in [2.75, 3.05) is 7.11 Å². The fraction of sp³-hybridized carbons (Fsp3) is 0.0930. The summed E-state index contributed by atoms with van der Waals surface area (Å²) in [7, 11) is 1.30. The summed E-state index contributed by atoms with van der Waals surface area (Å²) >= 11 is 3.22. The van der Waals surface area contributed by atoms with Crippen molar-refractivity contribution in [2.45, 2.75) is 19.9 Å². The second-order valence-corrected chi connectivity index (χ2v) is 13.2. The van der Waals surface area contributed by atoms with Crippen LogP contribution in [-0.2, 0) is 4.74 Å². The highest BCUT2D eigenvalue weighted by Crippen LogP contribution is 2.30. The molecule has 2 N–H and O–H groups in total. The number of carbonyl (C=O) groups excluding carboxylic acids is 3. The number of fused-ring (bicyclic) bond motifs is 1. The Morgan fingerprint density at radius 2 is 1.42 bits per heavy atom. The topological polar surface area (TPSA) is 114 Å². The third kappa shape index (κ3) is 8.98. The van der Waals surface area contributed by atoms with E-state index < -0.39 is 5.97 Å². The maximum atomic E-state index is 13.4. The minimum atomic E-state index is -0.450. The van der Waals surface area contributed by atoms with Crippen molar-refractivity contribution in [2.24, 2.45) is 0 Å². The second kappa shape index (κ2) is 16.4. The summed E-state index contributed by atoms with van der Waals surface area (Å²) in [4.78, 5) is 48.2.